The second kappa shape index (κ2) is 7.21. The predicted molar refractivity (Wildman–Crippen MR) is 72.8 cm³/mol. The number of pyridine rings is 1. The highest BCUT2D eigenvalue weighted by molar-refractivity contribution is 5.53. The summed E-state index contributed by atoms with van der Waals surface area (Å²) in [5.41, 5.74) is 6.13. The lowest BCUT2D eigenvalue weighted by atomic mass is 10.2. The van der Waals surface area contributed by atoms with Crippen molar-refractivity contribution in [3.63, 3.8) is 0 Å². The molecule has 4 nitrogen and oxygen atoms in total. The SMILES string of the molecule is CC(C)COc1nc(NCCCC(F)(F)F)ccc1N. The predicted octanol–water partition coefficient (Wildman–Crippen LogP) is 3.45. The maximum atomic E-state index is 12.0. The van der Waals surface area contributed by atoms with Crippen LogP contribution in [0, 0.1) is 5.92 Å². The number of anilines is 2. The molecule has 114 valence electrons. The van der Waals surface area contributed by atoms with Crippen LogP contribution in [0.1, 0.15) is 26.7 Å². The highest BCUT2D eigenvalue weighted by Gasteiger charge is 2.25. The van der Waals surface area contributed by atoms with Crippen LogP contribution < -0.4 is 15.8 Å². The van der Waals surface area contributed by atoms with Gasteiger partial charge in [0.05, 0.1) is 12.3 Å². The average molecular weight is 291 g/mol. The van der Waals surface area contributed by atoms with Crippen molar-refractivity contribution in [3.05, 3.63) is 12.1 Å². The Morgan fingerprint density at radius 1 is 1.35 bits per heavy atom. The summed E-state index contributed by atoms with van der Waals surface area (Å²) in [4.78, 5) is 4.14. The van der Waals surface area contributed by atoms with E-state index >= 15 is 0 Å². The van der Waals surface area contributed by atoms with Crippen molar-refractivity contribution < 1.29 is 17.9 Å². The Labute approximate surface area is 116 Å². The van der Waals surface area contributed by atoms with Crippen molar-refractivity contribution in [2.75, 3.05) is 24.2 Å². The summed E-state index contributed by atoms with van der Waals surface area (Å²) in [5, 5.41) is 2.83. The van der Waals surface area contributed by atoms with Crippen LogP contribution in [0.5, 0.6) is 5.88 Å². The van der Waals surface area contributed by atoms with Gasteiger partial charge in [0.15, 0.2) is 0 Å². The van der Waals surface area contributed by atoms with Crippen molar-refractivity contribution in [2.24, 2.45) is 5.92 Å². The zero-order valence-corrected chi connectivity index (χ0v) is 11.6. The maximum absolute atomic E-state index is 12.0. The molecule has 0 unspecified atom stereocenters. The summed E-state index contributed by atoms with van der Waals surface area (Å²) in [6, 6.07) is 3.24. The van der Waals surface area contributed by atoms with Crippen LogP contribution in [0.3, 0.4) is 0 Å². The lowest BCUT2D eigenvalue weighted by molar-refractivity contribution is -0.134. The molecule has 0 saturated heterocycles. The Kier molecular flexibility index (Phi) is 5.91. The van der Waals surface area contributed by atoms with Gasteiger partial charge < -0.3 is 15.8 Å². The molecule has 0 aromatic carbocycles. The summed E-state index contributed by atoms with van der Waals surface area (Å²) in [5.74, 6) is 1.10. The van der Waals surface area contributed by atoms with Gasteiger partial charge in [-0.3, -0.25) is 0 Å². The molecule has 0 spiro atoms. The van der Waals surface area contributed by atoms with E-state index < -0.39 is 12.6 Å². The molecule has 0 saturated carbocycles. The van der Waals surface area contributed by atoms with Gasteiger partial charge in [0.1, 0.15) is 5.82 Å². The molecule has 0 radical (unpaired) electrons. The first-order valence-electron chi connectivity index (χ1n) is 6.48. The smallest absolute Gasteiger partial charge is 0.389 e. The molecule has 3 N–H and O–H groups in total. The highest BCUT2D eigenvalue weighted by Crippen LogP contribution is 2.23. The number of alkyl halides is 3. The Balaban J connectivity index is 2.48. The molecule has 0 bridgehead atoms. The number of aromatic nitrogens is 1. The lowest BCUT2D eigenvalue weighted by Gasteiger charge is -2.12. The van der Waals surface area contributed by atoms with Gasteiger partial charge in [-0.25, -0.2) is 0 Å². The van der Waals surface area contributed by atoms with Crippen LogP contribution >= 0.6 is 0 Å². The molecule has 0 atom stereocenters. The van der Waals surface area contributed by atoms with Crippen molar-refractivity contribution in [3.8, 4) is 5.88 Å². The van der Waals surface area contributed by atoms with Crippen LogP contribution in [0.4, 0.5) is 24.7 Å². The van der Waals surface area contributed by atoms with Crippen molar-refractivity contribution in [1.29, 1.82) is 0 Å². The van der Waals surface area contributed by atoms with Gasteiger partial charge in [0, 0.05) is 13.0 Å². The first-order valence-corrected chi connectivity index (χ1v) is 6.48. The van der Waals surface area contributed by atoms with Crippen LogP contribution in [-0.2, 0) is 0 Å². The van der Waals surface area contributed by atoms with E-state index in [9.17, 15) is 13.2 Å². The van der Waals surface area contributed by atoms with Gasteiger partial charge in [0.2, 0.25) is 5.88 Å². The molecule has 0 aliphatic rings. The summed E-state index contributed by atoms with van der Waals surface area (Å²) in [7, 11) is 0. The summed E-state index contributed by atoms with van der Waals surface area (Å²) >= 11 is 0. The average Bonchev–Trinajstić information content (AvgIpc) is 2.33. The van der Waals surface area contributed by atoms with Gasteiger partial charge in [-0.1, -0.05) is 13.8 Å². The number of rotatable bonds is 7. The van der Waals surface area contributed by atoms with Crippen LogP contribution in [0.15, 0.2) is 12.1 Å². The number of nitrogen functional groups attached to an aromatic ring is 1. The second-order valence-electron chi connectivity index (χ2n) is 4.94. The molecular weight excluding hydrogens is 271 g/mol. The number of hydrogen-bond acceptors (Lipinski definition) is 4. The fourth-order valence-corrected chi connectivity index (χ4v) is 1.42. The first kappa shape index (κ1) is 16.4. The minimum absolute atomic E-state index is 0.00224. The number of halogens is 3. The molecule has 0 aliphatic heterocycles. The number of hydrogen-bond donors (Lipinski definition) is 2. The van der Waals surface area contributed by atoms with Gasteiger partial charge in [-0.05, 0) is 24.5 Å². The largest absolute Gasteiger partial charge is 0.476 e. The fourth-order valence-electron chi connectivity index (χ4n) is 1.42. The molecule has 0 aliphatic carbocycles. The molecule has 1 rings (SSSR count). The monoisotopic (exact) mass is 291 g/mol. The number of ether oxygens (including phenoxy) is 1. The molecular formula is C13H20F3N3O. The van der Waals surface area contributed by atoms with E-state index in [4.69, 9.17) is 10.5 Å². The van der Waals surface area contributed by atoms with Gasteiger partial charge >= 0.3 is 6.18 Å². The Bertz CT molecular complexity index is 422. The van der Waals surface area contributed by atoms with Crippen LogP contribution in [0.2, 0.25) is 0 Å². The number of nitrogens with zero attached hydrogens (tertiary/aromatic N) is 1. The molecule has 7 heteroatoms. The third-order valence-electron chi connectivity index (χ3n) is 2.39. The molecule has 1 heterocycles. The number of nitrogens with one attached hydrogen (secondary N) is 1. The van der Waals surface area contributed by atoms with Crippen molar-refractivity contribution in [2.45, 2.75) is 32.9 Å². The van der Waals surface area contributed by atoms with E-state index in [-0.39, 0.29) is 13.0 Å². The van der Waals surface area contributed by atoms with Gasteiger partial charge in [-0.15, -0.1) is 0 Å². The molecule has 0 fully saturated rings. The molecule has 0 amide bonds. The van der Waals surface area contributed by atoms with E-state index in [1.807, 2.05) is 13.8 Å². The zero-order valence-electron chi connectivity index (χ0n) is 11.6. The molecule has 1 aromatic heterocycles. The Morgan fingerprint density at radius 2 is 2.05 bits per heavy atom. The zero-order chi connectivity index (χ0) is 15.2. The first-order chi connectivity index (χ1) is 9.28. The third kappa shape index (κ3) is 6.49. The van der Waals surface area contributed by atoms with E-state index in [1.54, 1.807) is 12.1 Å². The van der Waals surface area contributed by atoms with E-state index in [0.717, 1.165) is 0 Å². The fraction of sp³-hybridized carbons (Fsp3) is 0.615. The Hall–Kier alpha value is -1.66. The summed E-state index contributed by atoms with van der Waals surface area (Å²) in [6.45, 7) is 4.67. The normalized spacial score (nSPS) is 11.7. The van der Waals surface area contributed by atoms with Crippen molar-refractivity contribution >= 4 is 11.5 Å². The number of nitrogens with two attached hydrogens (primary N) is 1. The quantitative estimate of drug-likeness (QED) is 0.755. The lowest BCUT2D eigenvalue weighted by Crippen LogP contribution is -2.12. The summed E-state index contributed by atoms with van der Waals surface area (Å²) in [6.07, 6.45) is -4.94. The van der Waals surface area contributed by atoms with Crippen molar-refractivity contribution in [1.82, 2.24) is 4.98 Å². The second-order valence-corrected chi connectivity index (χ2v) is 4.94. The van der Waals surface area contributed by atoms with Gasteiger partial charge in [-0.2, -0.15) is 18.2 Å². The third-order valence-corrected chi connectivity index (χ3v) is 2.39. The standard InChI is InChI=1S/C13H20F3N3O/c1-9(2)8-20-12-10(17)4-5-11(19-12)18-7-3-6-13(14,15)16/h4-5,9H,3,6-8,17H2,1-2H3,(H,18,19). The van der Waals surface area contributed by atoms with E-state index in [1.165, 1.54) is 0 Å². The van der Waals surface area contributed by atoms with E-state index in [2.05, 4.69) is 10.3 Å². The Morgan fingerprint density at radius 3 is 2.65 bits per heavy atom. The van der Waals surface area contributed by atoms with Crippen LogP contribution in [-0.4, -0.2) is 24.3 Å². The molecule has 1 aromatic rings. The molecule has 20 heavy (non-hydrogen) atoms. The topological polar surface area (TPSA) is 60.2 Å². The van der Waals surface area contributed by atoms with Gasteiger partial charge in [0.25, 0.3) is 0 Å². The minimum Gasteiger partial charge on any atom is -0.476 e. The minimum atomic E-state index is -4.12. The maximum Gasteiger partial charge on any atom is 0.389 e. The summed E-state index contributed by atoms with van der Waals surface area (Å²) < 4.78 is 41.4. The highest BCUT2D eigenvalue weighted by atomic mass is 19.4. The van der Waals surface area contributed by atoms with E-state index in [0.29, 0.717) is 29.9 Å². The van der Waals surface area contributed by atoms with Crippen LogP contribution in [0.25, 0.3) is 0 Å².